The molecule has 0 bridgehead atoms. The Bertz CT molecular complexity index is 692. The molecule has 3 rings (SSSR count). The second-order valence-corrected chi connectivity index (χ2v) is 7.45. The van der Waals surface area contributed by atoms with E-state index in [1.54, 1.807) is 24.3 Å². The highest BCUT2D eigenvalue weighted by Gasteiger charge is 2.30. The topological polar surface area (TPSA) is 79.7 Å². The van der Waals surface area contributed by atoms with Gasteiger partial charge in [0.1, 0.15) is 0 Å². The number of nitrogens with zero attached hydrogens (tertiary/aromatic N) is 4. The van der Waals surface area contributed by atoms with Gasteiger partial charge in [0.15, 0.2) is 5.82 Å². The van der Waals surface area contributed by atoms with Gasteiger partial charge in [-0.2, -0.15) is 0 Å². The van der Waals surface area contributed by atoms with E-state index in [0.29, 0.717) is 38.0 Å². The third-order valence-corrected chi connectivity index (χ3v) is 5.43. The minimum atomic E-state index is -0.146. The monoisotopic (exact) mass is 363 g/mol. The smallest absolute Gasteiger partial charge is 0.317 e. The third kappa shape index (κ3) is 4.17. The largest absolute Gasteiger partial charge is 0.373 e. The second kappa shape index (κ2) is 8.07. The number of hydrogen-bond acceptors (Lipinski definition) is 5. The second-order valence-electron chi connectivity index (χ2n) is 7.45. The normalized spacial score (nSPS) is 26.0. The fraction of sp³-hybridized carbons (Fsp3) is 0.722. The number of aromatic nitrogens is 2. The van der Waals surface area contributed by atoms with E-state index >= 15 is 0 Å². The molecular formula is C18H29N5O3. The van der Waals surface area contributed by atoms with Gasteiger partial charge in [0.2, 0.25) is 0 Å². The van der Waals surface area contributed by atoms with Gasteiger partial charge in [0.05, 0.1) is 19.3 Å². The van der Waals surface area contributed by atoms with Gasteiger partial charge in [0, 0.05) is 45.6 Å². The summed E-state index contributed by atoms with van der Waals surface area (Å²) in [6, 6.07) is 0.275. The van der Waals surface area contributed by atoms with E-state index in [1.807, 2.05) is 11.9 Å². The van der Waals surface area contributed by atoms with Gasteiger partial charge >= 0.3 is 6.03 Å². The van der Waals surface area contributed by atoms with E-state index in [1.165, 1.54) is 17.4 Å². The van der Waals surface area contributed by atoms with Gasteiger partial charge in [-0.25, -0.2) is 9.78 Å². The first kappa shape index (κ1) is 18.7. The van der Waals surface area contributed by atoms with Crippen molar-refractivity contribution < 1.29 is 9.53 Å². The van der Waals surface area contributed by atoms with Crippen LogP contribution in [0.25, 0.3) is 0 Å². The maximum Gasteiger partial charge on any atom is 0.317 e. The van der Waals surface area contributed by atoms with Crippen LogP contribution in [0.1, 0.15) is 26.2 Å². The van der Waals surface area contributed by atoms with Crippen LogP contribution in [-0.4, -0.2) is 65.9 Å². The number of anilines is 1. The standard InChI is InChI=1S/C18H29N5O3/c1-13-5-4-6-15(13)20-18(25)23-9-10-26-14(12-23)11-22(3)16-17(24)21(2)8-7-19-16/h7-8,13-15H,4-6,9-12H2,1-3H3,(H,20,25)/t13-,14+,15+/m1/s1. The molecule has 26 heavy (non-hydrogen) atoms. The van der Waals surface area contributed by atoms with Crippen molar-refractivity contribution in [2.75, 3.05) is 38.2 Å². The predicted molar refractivity (Wildman–Crippen MR) is 99.4 cm³/mol. The van der Waals surface area contributed by atoms with Crippen molar-refractivity contribution in [3.63, 3.8) is 0 Å². The Hall–Kier alpha value is -2.09. The van der Waals surface area contributed by atoms with Crippen molar-refractivity contribution in [1.29, 1.82) is 0 Å². The molecule has 1 saturated heterocycles. The number of nitrogens with one attached hydrogen (secondary N) is 1. The Morgan fingerprint density at radius 1 is 1.46 bits per heavy atom. The highest BCUT2D eigenvalue weighted by atomic mass is 16.5. The lowest BCUT2D eigenvalue weighted by atomic mass is 10.1. The zero-order chi connectivity index (χ0) is 18.7. The van der Waals surface area contributed by atoms with E-state index < -0.39 is 0 Å². The number of urea groups is 1. The molecule has 0 radical (unpaired) electrons. The molecule has 2 heterocycles. The van der Waals surface area contributed by atoms with Gasteiger partial charge in [0.25, 0.3) is 5.56 Å². The summed E-state index contributed by atoms with van der Waals surface area (Å²) in [4.78, 5) is 32.6. The first-order valence-corrected chi connectivity index (χ1v) is 9.35. The van der Waals surface area contributed by atoms with Crippen molar-refractivity contribution in [2.24, 2.45) is 13.0 Å². The maximum atomic E-state index is 12.6. The Kier molecular flexibility index (Phi) is 5.80. The summed E-state index contributed by atoms with van der Waals surface area (Å²) < 4.78 is 7.31. The number of morpholine rings is 1. The number of ether oxygens (including phenoxy) is 1. The Labute approximate surface area is 154 Å². The van der Waals surface area contributed by atoms with Crippen molar-refractivity contribution in [1.82, 2.24) is 19.8 Å². The number of carbonyl (C=O) groups excluding carboxylic acids is 1. The molecule has 8 nitrogen and oxygen atoms in total. The SMILES string of the molecule is C[C@@H]1CCC[C@@H]1NC(=O)N1CCO[C@@H](CN(C)c2nccn(C)c2=O)C1. The van der Waals surface area contributed by atoms with Crippen molar-refractivity contribution >= 4 is 11.8 Å². The predicted octanol–water partition coefficient (Wildman–Crippen LogP) is 0.816. The summed E-state index contributed by atoms with van der Waals surface area (Å²) in [5, 5.41) is 3.17. The highest BCUT2D eigenvalue weighted by molar-refractivity contribution is 5.74. The molecule has 1 aliphatic heterocycles. The Morgan fingerprint density at radius 2 is 2.27 bits per heavy atom. The van der Waals surface area contributed by atoms with Crippen LogP contribution < -0.4 is 15.8 Å². The number of aryl methyl sites for hydroxylation is 1. The van der Waals surface area contributed by atoms with Crippen molar-refractivity contribution in [2.45, 2.75) is 38.3 Å². The Morgan fingerprint density at radius 3 is 3.00 bits per heavy atom. The molecule has 1 saturated carbocycles. The summed E-state index contributed by atoms with van der Waals surface area (Å²) >= 11 is 0. The molecule has 2 amide bonds. The first-order valence-electron chi connectivity index (χ1n) is 9.35. The zero-order valence-electron chi connectivity index (χ0n) is 15.9. The van der Waals surface area contributed by atoms with E-state index in [2.05, 4.69) is 17.2 Å². The number of rotatable bonds is 4. The third-order valence-electron chi connectivity index (χ3n) is 5.43. The van der Waals surface area contributed by atoms with Gasteiger partial charge in [-0.3, -0.25) is 4.79 Å². The lowest BCUT2D eigenvalue weighted by Crippen LogP contribution is -2.54. The number of carbonyl (C=O) groups is 1. The lowest BCUT2D eigenvalue weighted by Gasteiger charge is -2.35. The fourth-order valence-corrected chi connectivity index (χ4v) is 3.76. The van der Waals surface area contributed by atoms with E-state index in [0.717, 1.165) is 6.42 Å². The molecule has 0 unspecified atom stereocenters. The molecule has 8 heteroatoms. The number of amides is 2. The molecule has 2 aliphatic rings. The van der Waals surface area contributed by atoms with E-state index in [4.69, 9.17) is 4.74 Å². The molecule has 1 aromatic heterocycles. The molecule has 1 aliphatic carbocycles. The molecule has 1 N–H and O–H groups in total. The zero-order valence-corrected chi connectivity index (χ0v) is 15.9. The summed E-state index contributed by atoms with van der Waals surface area (Å²) in [5.74, 6) is 0.933. The minimum Gasteiger partial charge on any atom is -0.373 e. The van der Waals surface area contributed by atoms with Crippen molar-refractivity contribution in [3.8, 4) is 0 Å². The van der Waals surface area contributed by atoms with E-state index in [-0.39, 0.29) is 23.7 Å². The summed E-state index contributed by atoms with van der Waals surface area (Å²) in [6.45, 7) is 4.33. The molecule has 2 fully saturated rings. The van der Waals surface area contributed by atoms with Crippen LogP contribution in [0.4, 0.5) is 10.6 Å². The van der Waals surface area contributed by atoms with Crippen molar-refractivity contribution in [3.05, 3.63) is 22.7 Å². The average molecular weight is 363 g/mol. The van der Waals surface area contributed by atoms with Gasteiger partial charge < -0.3 is 24.4 Å². The average Bonchev–Trinajstić information content (AvgIpc) is 3.02. The summed E-state index contributed by atoms with van der Waals surface area (Å²) in [7, 11) is 3.53. The fourth-order valence-electron chi connectivity index (χ4n) is 3.76. The molecule has 1 aromatic rings. The molecular weight excluding hydrogens is 334 g/mol. The molecule has 0 spiro atoms. The first-order chi connectivity index (χ1) is 12.5. The quantitative estimate of drug-likeness (QED) is 0.857. The summed E-state index contributed by atoms with van der Waals surface area (Å²) in [6.07, 6.45) is 6.52. The Balaban J connectivity index is 1.57. The van der Waals surface area contributed by atoms with Crippen LogP contribution >= 0.6 is 0 Å². The van der Waals surface area contributed by atoms with Crippen LogP contribution in [0.2, 0.25) is 0 Å². The van der Waals surface area contributed by atoms with E-state index in [9.17, 15) is 9.59 Å². The lowest BCUT2D eigenvalue weighted by molar-refractivity contribution is -0.00962. The van der Waals surface area contributed by atoms with Gasteiger partial charge in [-0.15, -0.1) is 0 Å². The number of hydrogen-bond donors (Lipinski definition) is 1. The molecule has 3 atom stereocenters. The number of likely N-dealkylation sites (N-methyl/N-ethyl adjacent to an activating group) is 1. The van der Waals surface area contributed by atoms with Crippen LogP contribution in [0.15, 0.2) is 17.2 Å². The molecule has 0 aromatic carbocycles. The minimum absolute atomic E-state index is 0.00606. The van der Waals surface area contributed by atoms with Crippen LogP contribution in [0.5, 0.6) is 0 Å². The van der Waals surface area contributed by atoms with Gasteiger partial charge in [-0.05, 0) is 18.8 Å². The van der Waals surface area contributed by atoms with Gasteiger partial charge in [-0.1, -0.05) is 13.3 Å². The van der Waals surface area contributed by atoms with Crippen LogP contribution in [0, 0.1) is 5.92 Å². The maximum absolute atomic E-state index is 12.6. The molecule has 144 valence electrons. The summed E-state index contributed by atoms with van der Waals surface area (Å²) in [5.41, 5.74) is -0.143. The van der Waals surface area contributed by atoms with Crippen LogP contribution in [-0.2, 0) is 11.8 Å². The van der Waals surface area contributed by atoms with Crippen LogP contribution in [0.3, 0.4) is 0 Å². The highest BCUT2D eigenvalue weighted by Crippen LogP contribution is 2.25.